The normalized spacial score (nSPS) is 18.1. The highest BCUT2D eigenvalue weighted by Crippen LogP contribution is 2.21. The molecule has 0 bridgehead atoms. The number of nitrogens with zero attached hydrogens (tertiary/aromatic N) is 2. The zero-order valence-corrected chi connectivity index (χ0v) is 12.9. The molecule has 0 saturated carbocycles. The summed E-state index contributed by atoms with van der Waals surface area (Å²) in [6.45, 7) is 3.22. The topological polar surface area (TPSA) is 43.8 Å². The summed E-state index contributed by atoms with van der Waals surface area (Å²) in [6, 6.07) is 3.65. The van der Waals surface area contributed by atoms with Gasteiger partial charge in [0.25, 0.3) is 0 Å². The Kier molecular flexibility index (Phi) is 5.47. The lowest BCUT2D eigenvalue weighted by atomic mass is 10.1. The number of aliphatic hydroxyl groups excluding tert-OH is 1. The van der Waals surface area contributed by atoms with Crippen LogP contribution in [-0.2, 0) is 4.79 Å². The maximum atomic E-state index is 13.3. The van der Waals surface area contributed by atoms with E-state index in [2.05, 4.69) is 0 Å². The van der Waals surface area contributed by atoms with Crippen LogP contribution in [0.4, 0.5) is 8.78 Å². The van der Waals surface area contributed by atoms with Crippen LogP contribution in [0.3, 0.4) is 0 Å². The van der Waals surface area contributed by atoms with E-state index < -0.39 is 17.7 Å². The maximum Gasteiger partial charge on any atom is 0.222 e. The number of amides is 1. The number of β-amino-alcohol motifs (C(OH)–C–C–N with tert-alkyl or cyclic N) is 1. The van der Waals surface area contributed by atoms with E-state index >= 15 is 0 Å². The SMILES string of the molecule is CC(c1ccc(F)c(F)c1)N(C)CC(O)CN1CCCC1=O. The standard InChI is InChI=1S/C16H22F2N2O2/c1-11(12-5-6-14(17)15(18)8-12)19(2)9-13(21)10-20-7-3-4-16(20)22/h5-6,8,11,13,21H,3-4,7,9-10H2,1-2H3. The summed E-state index contributed by atoms with van der Waals surface area (Å²) in [7, 11) is 1.81. The lowest BCUT2D eigenvalue weighted by molar-refractivity contribution is -0.129. The molecular formula is C16H22F2N2O2. The first-order valence-electron chi connectivity index (χ1n) is 7.49. The summed E-state index contributed by atoms with van der Waals surface area (Å²) in [4.78, 5) is 15.1. The molecule has 0 radical (unpaired) electrons. The van der Waals surface area contributed by atoms with Gasteiger partial charge in [-0.3, -0.25) is 9.69 Å². The molecule has 1 saturated heterocycles. The zero-order valence-electron chi connectivity index (χ0n) is 12.9. The number of hydrogen-bond acceptors (Lipinski definition) is 3. The number of aliphatic hydroxyl groups is 1. The van der Waals surface area contributed by atoms with Crippen LogP contribution >= 0.6 is 0 Å². The molecule has 22 heavy (non-hydrogen) atoms. The van der Waals surface area contributed by atoms with E-state index in [1.807, 2.05) is 11.8 Å². The molecule has 0 spiro atoms. The van der Waals surface area contributed by atoms with Gasteiger partial charge in [0.1, 0.15) is 0 Å². The van der Waals surface area contributed by atoms with Gasteiger partial charge in [-0.2, -0.15) is 0 Å². The molecule has 0 aliphatic carbocycles. The first kappa shape index (κ1) is 16.8. The summed E-state index contributed by atoms with van der Waals surface area (Å²) in [5.41, 5.74) is 0.644. The molecule has 2 unspecified atom stereocenters. The van der Waals surface area contributed by atoms with Crippen molar-refractivity contribution in [3.8, 4) is 0 Å². The average Bonchev–Trinajstić information content (AvgIpc) is 2.86. The molecule has 4 nitrogen and oxygen atoms in total. The second-order valence-electron chi connectivity index (χ2n) is 5.89. The molecule has 1 aliphatic rings. The molecular weight excluding hydrogens is 290 g/mol. The maximum absolute atomic E-state index is 13.3. The molecule has 1 aromatic rings. The molecule has 2 rings (SSSR count). The van der Waals surface area contributed by atoms with Crippen LogP contribution in [0.15, 0.2) is 18.2 Å². The Morgan fingerprint density at radius 1 is 1.36 bits per heavy atom. The van der Waals surface area contributed by atoms with Crippen molar-refractivity contribution in [1.29, 1.82) is 0 Å². The highest BCUT2D eigenvalue weighted by molar-refractivity contribution is 5.78. The number of halogens is 2. The largest absolute Gasteiger partial charge is 0.390 e. The first-order valence-corrected chi connectivity index (χ1v) is 7.49. The Labute approximate surface area is 129 Å². The van der Waals surface area contributed by atoms with E-state index in [1.54, 1.807) is 11.9 Å². The smallest absolute Gasteiger partial charge is 0.222 e. The average molecular weight is 312 g/mol. The summed E-state index contributed by atoms with van der Waals surface area (Å²) in [6.07, 6.45) is 0.722. The van der Waals surface area contributed by atoms with Crippen molar-refractivity contribution < 1.29 is 18.7 Å². The van der Waals surface area contributed by atoms with Crippen molar-refractivity contribution in [3.05, 3.63) is 35.4 Å². The highest BCUT2D eigenvalue weighted by Gasteiger charge is 2.24. The first-order chi connectivity index (χ1) is 10.4. The minimum Gasteiger partial charge on any atom is -0.390 e. The number of likely N-dealkylation sites (tertiary alicyclic amines) is 1. The monoisotopic (exact) mass is 312 g/mol. The fourth-order valence-electron chi connectivity index (χ4n) is 2.73. The Morgan fingerprint density at radius 3 is 2.68 bits per heavy atom. The van der Waals surface area contributed by atoms with Gasteiger partial charge in [-0.25, -0.2) is 8.78 Å². The number of rotatable bonds is 6. The predicted octanol–water partition coefficient (Wildman–Crippen LogP) is 1.94. The Bertz CT molecular complexity index is 539. The summed E-state index contributed by atoms with van der Waals surface area (Å²) in [5, 5.41) is 10.1. The molecule has 0 aromatic heterocycles. The third kappa shape index (κ3) is 4.01. The molecule has 1 heterocycles. The van der Waals surface area contributed by atoms with E-state index in [4.69, 9.17) is 0 Å². The summed E-state index contributed by atoms with van der Waals surface area (Å²) >= 11 is 0. The van der Waals surface area contributed by atoms with Gasteiger partial charge in [0, 0.05) is 32.1 Å². The van der Waals surface area contributed by atoms with E-state index in [-0.39, 0.29) is 11.9 Å². The fourth-order valence-corrected chi connectivity index (χ4v) is 2.73. The van der Waals surface area contributed by atoms with Gasteiger partial charge in [-0.15, -0.1) is 0 Å². The van der Waals surface area contributed by atoms with Crippen molar-refractivity contribution >= 4 is 5.91 Å². The van der Waals surface area contributed by atoms with E-state index in [9.17, 15) is 18.7 Å². The van der Waals surface area contributed by atoms with Gasteiger partial charge in [-0.05, 0) is 38.1 Å². The van der Waals surface area contributed by atoms with Gasteiger partial charge in [0.05, 0.1) is 6.10 Å². The number of benzene rings is 1. The van der Waals surface area contributed by atoms with Gasteiger partial charge < -0.3 is 10.0 Å². The van der Waals surface area contributed by atoms with Crippen molar-refractivity contribution in [3.63, 3.8) is 0 Å². The Hall–Kier alpha value is -1.53. The van der Waals surface area contributed by atoms with Crippen LogP contribution in [-0.4, -0.2) is 53.6 Å². The molecule has 1 fully saturated rings. The quantitative estimate of drug-likeness (QED) is 0.873. The lowest BCUT2D eigenvalue weighted by Crippen LogP contribution is -2.40. The molecule has 1 N–H and O–H groups in total. The molecule has 1 aromatic carbocycles. The van der Waals surface area contributed by atoms with Crippen molar-refractivity contribution in [2.24, 2.45) is 0 Å². The second kappa shape index (κ2) is 7.15. The number of carbonyl (C=O) groups excluding carboxylic acids is 1. The zero-order chi connectivity index (χ0) is 16.3. The number of carbonyl (C=O) groups is 1. The van der Waals surface area contributed by atoms with Crippen LogP contribution < -0.4 is 0 Å². The minimum atomic E-state index is -0.874. The van der Waals surface area contributed by atoms with Crippen LogP contribution in [0, 0.1) is 11.6 Å². The van der Waals surface area contributed by atoms with Gasteiger partial charge in [0.2, 0.25) is 5.91 Å². The third-order valence-electron chi connectivity index (χ3n) is 4.19. The van der Waals surface area contributed by atoms with Gasteiger partial charge >= 0.3 is 0 Å². The molecule has 2 atom stereocenters. The minimum absolute atomic E-state index is 0.0790. The molecule has 1 aliphatic heterocycles. The van der Waals surface area contributed by atoms with Crippen molar-refractivity contribution in [1.82, 2.24) is 9.80 Å². The molecule has 6 heteroatoms. The summed E-state index contributed by atoms with van der Waals surface area (Å²) in [5.74, 6) is -1.66. The fraction of sp³-hybridized carbons (Fsp3) is 0.562. The van der Waals surface area contributed by atoms with Gasteiger partial charge in [-0.1, -0.05) is 6.07 Å². The predicted molar refractivity (Wildman–Crippen MR) is 79.2 cm³/mol. The van der Waals surface area contributed by atoms with E-state index in [0.717, 1.165) is 12.5 Å². The van der Waals surface area contributed by atoms with Crippen molar-refractivity contribution in [2.75, 3.05) is 26.7 Å². The molecule has 122 valence electrons. The third-order valence-corrected chi connectivity index (χ3v) is 4.19. The number of likely N-dealkylation sites (N-methyl/N-ethyl adjacent to an activating group) is 1. The van der Waals surface area contributed by atoms with Crippen LogP contribution in [0.1, 0.15) is 31.4 Å². The summed E-state index contributed by atoms with van der Waals surface area (Å²) < 4.78 is 26.3. The van der Waals surface area contributed by atoms with E-state index in [1.165, 1.54) is 12.1 Å². The van der Waals surface area contributed by atoms with Crippen LogP contribution in [0.2, 0.25) is 0 Å². The Morgan fingerprint density at radius 2 is 2.09 bits per heavy atom. The van der Waals surface area contributed by atoms with Gasteiger partial charge in [0.15, 0.2) is 11.6 Å². The van der Waals surface area contributed by atoms with Crippen LogP contribution in [0.25, 0.3) is 0 Å². The van der Waals surface area contributed by atoms with E-state index in [0.29, 0.717) is 31.6 Å². The van der Waals surface area contributed by atoms with Crippen LogP contribution in [0.5, 0.6) is 0 Å². The highest BCUT2D eigenvalue weighted by atomic mass is 19.2. The second-order valence-corrected chi connectivity index (χ2v) is 5.89. The number of hydrogen-bond donors (Lipinski definition) is 1. The van der Waals surface area contributed by atoms with Crippen molar-refractivity contribution in [2.45, 2.75) is 31.9 Å². The Balaban J connectivity index is 1.91. The molecule has 1 amide bonds. The lowest BCUT2D eigenvalue weighted by Gasteiger charge is -2.29.